The number of carboxylic acids is 1. The number of nitrogens with one attached hydrogen (secondary N) is 2. The first-order valence-corrected chi connectivity index (χ1v) is 16.9. The van der Waals surface area contributed by atoms with Crippen molar-refractivity contribution in [2.45, 2.75) is 45.6 Å². The lowest BCUT2D eigenvalue weighted by atomic mass is 10.2. The van der Waals surface area contributed by atoms with Crippen molar-refractivity contribution in [1.29, 1.82) is 0 Å². The maximum atomic E-state index is 11.5. The summed E-state index contributed by atoms with van der Waals surface area (Å²) in [6.07, 6.45) is 0.00713. The van der Waals surface area contributed by atoms with Gasteiger partial charge in [0.15, 0.2) is 0 Å². The quantitative estimate of drug-likeness (QED) is 0.0772. The predicted molar refractivity (Wildman–Crippen MR) is 177 cm³/mol. The fraction of sp³-hybridized carbons (Fsp3) is 0.906. The van der Waals surface area contributed by atoms with E-state index in [0.29, 0.717) is 152 Å². The average molecular weight is 715 g/mol. The maximum absolute atomic E-state index is 11.5. The molecule has 0 saturated heterocycles. The monoisotopic (exact) mass is 714 g/mol. The smallest absolute Gasteiger partial charge is 0.407 e. The molecule has 3 N–H and O–H groups in total. The highest BCUT2D eigenvalue weighted by molar-refractivity contribution is 5.80. The number of rotatable bonds is 37. The number of carboxylic acid groups (broad SMARTS) is 1. The molecule has 17 heteroatoms. The van der Waals surface area contributed by atoms with Crippen molar-refractivity contribution in [2.24, 2.45) is 0 Å². The molecule has 0 aromatic rings. The van der Waals surface area contributed by atoms with E-state index in [1.54, 1.807) is 0 Å². The zero-order chi connectivity index (χ0) is 36.1. The van der Waals surface area contributed by atoms with E-state index in [0.717, 1.165) is 0 Å². The number of carbonyl (C=O) groups is 3. The van der Waals surface area contributed by atoms with E-state index in [2.05, 4.69) is 10.6 Å². The highest BCUT2D eigenvalue weighted by Crippen LogP contribution is 2.06. The fourth-order valence-corrected chi connectivity index (χ4v) is 3.33. The Kier molecular flexibility index (Phi) is 34.0. The molecule has 49 heavy (non-hydrogen) atoms. The number of hydrogen-bond donors (Lipinski definition) is 3. The third kappa shape index (κ3) is 41.9. The van der Waals surface area contributed by atoms with Crippen LogP contribution in [0.25, 0.3) is 0 Å². The first-order chi connectivity index (χ1) is 23.7. The minimum absolute atomic E-state index is 0.0136. The molecule has 0 heterocycles. The van der Waals surface area contributed by atoms with Crippen molar-refractivity contribution in [1.82, 2.24) is 10.6 Å². The van der Waals surface area contributed by atoms with Crippen molar-refractivity contribution >= 4 is 18.0 Å². The van der Waals surface area contributed by atoms with E-state index in [1.165, 1.54) is 0 Å². The summed E-state index contributed by atoms with van der Waals surface area (Å²) in [5.74, 6) is -1.26. The molecule has 0 radical (unpaired) electrons. The van der Waals surface area contributed by atoms with E-state index in [4.69, 9.17) is 57.2 Å². The van der Waals surface area contributed by atoms with Crippen molar-refractivity contribution in [3.05, 3.63) is 0 Å². The maximum Gasteiger partial charge on any atom is 0.407 e. The minimum Gasteiger partial charge on any atom is -0.481 e. The number of hydrogen-bond acceptors (Lipinski definition) is 14. The number of ether oxygens (including phenoxy) is 11. The van der Waals surface area contributed by atoms with Crippen LogP contribution in [0.15, 0.2) is 0 Å². The van der Waals surface area contributed by atoms with Gasteiger partial charge in [-0.1, -0.05) is 0 Å². The highest BCUT2D eigenvalue weighted by atomic mass is 16.6. The number of alkyl carbamates (subject to hydrolysis) is 1. The Morgan fingerprint density at radius 2 is 0.776 bits per heavy atom. The van der Waals surface area contributed by atoms with E-state index in [9.17, 15) is 14.4 Å². The van der Waals surface area contributed by atoms with Crippen molar-refractivity contribution in [3.63, 3.8) is 0 Å². The van der Waals surface area contributed by atoms with Gasteiger partial charge in [-0.2, -0.15) is 0 Å². The molecule has 0 unspecified atom stereocenters. The van der Waals surface area contributed by atoms with Crippen LogP contribution < -0.4 is 10.6 Å². The summed E-state index contributed by atoms with van der Waals surface area (Å²) >= 11 is 0. The third-order valence-corrected chi connectivity index (χ3v) is 5.62. The van der Waals surface area contributed by atoms with Gasteiger partial charge in [0.2, 0.25) is 5.91 Å². The molecule has 0 saturated carbocycles. The van der Waals surface area contributed by atoms with Gasteiger partial charge in [-0.05, 0) is 27.2 Å². The number of amides is 2. The molecule has 17 nitrogen and oxygen atoms in total. The molecule has 0 rings (SSSR count). The van der Waals surface area contributed by atoms with Crippen LogP contribution in [-0.2, 0) is 61.7 Å². The Balaban J connectivity index is 3.13. The SMILES string of the molecule is CC(C)(C)OC(=O)NCCOCCOCCOCCOCCOCCOCCOCCOCCOCCOCCCNC(=O)CCC(=O)O. The summed E-state index contributed by atoms with van der Waals surface area (Å²) in [5.41, 5.74) is -0.518. The van der Waals surface area contributed by atoms with Gasteiger partial charge >= 0.3 is 12.1 Å². The normalized spacial score (nSPS) is 11.5. The van der Waals surface area contributed by atoms with Crippen LogP contribution in [0.3, 0.4) is 0 Å². The highest BCUT2D eigenvalue weighted by Gasteiger charge is 2.15. The molecule has 290 valence electrons. The lowest BCUT2D eigenvalue weighted by molar-refractivity contribution is -0.138. The van der Waals surface area contributed by atoms with E-state index < -0.39 is 17.7 Å². The largest absolute Gasteiger partial charge is 0.481 e. The molecule has 0 aliphatic heterocycles. The van der Waals surface area contributed by atoms with Crippen LogP contribution in [0.4, 0.5) is 4.79 Å². The molecule has 0 aliphatic rings. The van der Waals surface area contributed by atoms with Crippen LogP contribution in [0.1, 0.15) is 40.0 Å². The lowest BCUT2D eigenvalue weighted by Gasteiger charge is -2.19. The second kappa shape index (κ2) is 35.6. The van der Waals surface area contributed by atoms with Gasteiger partial charge < -0.3 is 67.8 Å². The molecule has 0 spiro atoms. The van der Waals surface area contributed by atoms with Gasteiger partial charge in [0.1, 0.15) is 5.60 Å². The van der Waals surface area contributed by atoms with Crippen molar-refractivity contribution < 1.29 is 71.6 Å². The average Bonchev–Trinajstić information content (AvgIpc) is 3.04. The van der Waals surface area contributed by atoms with Crippen LogP contribution in [0.2, 0.25) is 0 Å². The summed E-state index contributed by atoms with van der Waals surface area (Å²) in [5, 5.41) is 13.8. The zero-order valence-electron chi connectivity index (χ0n) is 29.8. The van der Waals surface area contributed by atoms with Gasteiger partial charge in [-0.15, -0.1) is 0 Å². The standard InChI is InChI=1S/C32H62N2O15/c1-32(2,3)49-31(38)34-8-10-40-12-14-42-16-18-44-20-22-46-24-26-48-28-27-47-25-23-45-21-19-43-17-15-41-13-11-39-9-4-7-33-29(35)5-6-30(36)37/h4-28H2,1-3H3,(H,33,35)(H,34,38)(H,36,37). The number of aliphatic carboxylic acids is 1. The van der Waals surface area contributed by atoms with E-state index >= 15 is 0 Å². The Morgan fingerprint density at radius 3 is 1.10 bits per heavy atom. The summed E-state index contributed by atoms with van der Waals surface area (Å²) in [4.78, 5) is 33.2. The topological polar surface area (TPSA) is 197 Å². The number of carbonyl (C=O) groups excluding carboxylic acids is 2. The van der Waals surface area contributed by atoms with Crippen molar-refractivity contribution in [2.75, 3.05) is 145 Å². The summed E-state index contributed by atoms with van der Waals surface area (Å²) in [6.45, 7) is 15.5. The Morgan fingerprint density at radius 1 is 0.449 bits per heavy atom. The fourth-order valence-electron chi connectivity index (χ4n) is 3.33. The first-order valence-electron chi connectivity index (χ1n) is 16.9. The van der Waals surface area contributed by atoms with Gasteiger partial charge in [-0.25, -0.2) is 4.79 Å². The molecular weight excluding hydrogens is 652 g/mol. The van der Waals surface area contributed by atoms with Crippen LogP contribution >= 0.6 is 0 Å². The molecule has 0 aromatic carbocycles. The second-order valence-corrected chi connectivity index (χ2v) is 11.1. The minimum atomic E-state index is -0.986. The van der Waals surface area contributed by atoms with E-state index in [1.807, 2.05) is 20.8 Å². The molecule has 0 bridgehead atoms. The van der Waals surface area contributed by atoms with Crippen molar-refractivity contribution in [3.8, 4) is 0 Å². The summed E-state index contributed by atoms with van der Waals surface area (Å²) < 4.78 is 59.5. The second-order valence-electron chi connectivity index (χ2n) is 11.1. The van der Waals surface area contributed by atoms with Gasteiger partial charge in [0, 0.05) is 26.1 Å². The van der Waals surface area contributed by atoms with Crippen LogP contribution in [0, 0.1) is 0 Å². The van der Waals surface area contributed by atoms with Gasteiger partial charge in [-0.3, -0.25) is 9.59 Å². The Hall–Kier alpha value is -2.19. The van der Waals surface area contributed by atoms with Crippen LogP contribution in [0.5, 0.6) is 0 Å². The Bertz CT molecular complexity index is 771. The van der Waals surface area contributed by atoms with Crippen LogP contribution in [-0.4, -0.2) is 174 Å². The molecule has 0 aromatic heterocycles. The first kappa shape index (κ1) is 46.8. The molecule has 0 atom stereocenters. The zero-order valence-corrected chi connectivity index (χ0v) is 29.8. The Labute approximate surface area is 291 Å². The molecule has 0 aliphatic carbocycles. The molecule has 0 fully saturated rings. The van der Waals surface area contributed by atoms with E-state index in [-0.39, 0.29) is 18.7 Å². The van der Waals surface area contributed by atoms with Gasteiger partial charge in [0.25, 0.3) is 0 Å². The molecular formula is C32H62N2O15. The summed E-state index contributed by atoms with van der Waals surface area (Å²) in [6, 6.07) is 0. The predicted octanol–water partition coefficient (Wildman–Crippen LogP) is 1.05. The molecule has 2 amide bonds. The van der Waals surface area contributed by atoms with Gasteiger partial charge in [0.05, 0.1) is 132 Å². The summed E-state index contributed by atoms with van der Waals surface area (Å²) in [7, 11) is 0. The third-order valence-electron chi connectivity index (χ3n) is 5.62. The lowest BCUT2D eigenvalue weighted by Crippen LogP contribution is -2.34.